The van der Waals surface area contributed by atoms with Crippen LogP contribution < -0.4 is 0 Å². The summed E-state index contributed by atoms with van der Waals surface area (Å²) in [6, 6.07) is 2.84. The zero-order chi connectivity index (χ0) is 9.26. The Kier molecular flexibility index (Phi) is 1.81. The van der Waals surface area contributed by atoms with Crippen molar-refractivity contribution < 1.29 is 8.81 Å². The second-order valence-electron chi connectivity index (χ2n) is 2.61. The summed E-state index contributed by atoms with van der Waals surface area (Å²) in [5.41, 5.74) is 0.149. The molecule has 0 spiro atoms. The molecule has 0 saturated carbocycles. The molecule has 0 saturated heterocycles. The first-order valence-corrected chi connectivity index (χ1v) is 3.80. The van der Waals surface area contributed by atoms with Gasteiger partial charge in [0.25, 0.3) is 0 Å². The average molecular weight is 178 g/mol. The van der Waals surface area contributed by atoms with Crippen LogP contribution in [0.15, 0.2) is 28.9 Å². The van der Waals surface area contributed by atoms with Gasteiger partial charge in [-0.3, -0.25) is 0 Å². The molecule has 0 radical (unpaired) electrons. The summed E-state index contributed by atoms with van der Waals surface area (Å²) in [7, 11) is 0. The average Bonchev–Trinajstić information content (AvgIpc) is 2.53. The summed E-state index contributed by atoms with van der Waals surface area (Å²) in [6.45, 7) is 1.75. The molecule has 0 aromatic carbocycles. The largest absolute Gasteiger partial charge is 0.440 e. The highest BCUT2D eigenvalue weighted by Crippen LogP contribution is 2.18. The van der Waals surface area contributed by atoms with Crippen molar-refractivity contribution in [2.24, 2.45) is 0 Å². The third kappa shape index (κ3) is 1.42. The van der Waals surface area contributed by atoms with E-state index in [1.807, 2.05) is 0 Å². The zero-order valence-corrected chi connectivity index (χ0v) is 6.99. The zero-order valence-electron chi connectivity index (χ0n) is 6.99. The highest BCUT2D eigenvalue weighted by Gasteiger charge is 2.10. The summed E-state index contributed by atoms with van der Waals surface area (Å²) < 4.78 is 18.3. The van der Waals surface area contributed by atoms with Crippen LogP contribution in [0.5, 0.6) is 0 Å². The predicted octanol–water partition coefficient (Wildman–Crippen LogP) is 2.18. The topological polar surface area (TPSA) is 38.9 Å². The molecule has 2 rings (SSSR count). The molecule has 0 atom stereocenters. The molecule has 0 fully saturated rings. The van der Waals surface area contributed by atoms with E-state index in [4.69, 9.17) is 4.42 Å². The lowest BCUT2D eigenvalue weighted by molar-refractivity contribution is 0.531. The van der Waals surface area contributed by atoms with Crippen LogP contribution in [0.1, 0.15) is 5.76 Å². The van der Waals surface area contributed by atoms with Crippen LogP contribution in [0, 0.1) is 12.7 Å². The second-order valence-corrected chi connectivity index (χ2v) is 2.61. The molecular formula is C9H7FN2O. The number of pyridine rings is 1. The van der Waals surface area contributed by atoms with Gasteiger partial charge in [-0.15, -0.1) is 0 Å². The molecule has 13 heavy (non-hydrogen) atoms. The Bertz CT molecular complexity index is 425. The molecule has 0 amide bonds. The Labute approximate surface area is 74.3 Å². The molecule has 0 bridgehead atoms. The number of oxazole rings is 1. The molecule has 3 nitrogen and oxygen atoms in total. The molecule has 2 aromatic heterocycles. The Morgan fingerprint density at radius 3 is 2.85 bits per heavy atom. The van der Waals surface area contributed by atoms with Crippen LogP contribution in [0.4, 0.5) is 4.39 Å². The number of aryl methyl sites for hydroxylation is 1. The van der Waals surface area contributed by atoms with E-state index in [1.165, 1.54) is 24.5 Å². The van der Waals surface area contributed by atoms with Crippen LogP contribution in [0.25, 0.3) is 11.6 Å². The van der Waals surface area contributed by atoms with Gasteiger partial charge in [-0.05, 0) is 19.1 Å². The van der Waals surface area contributed by atoms with E-state index < -0.39 is 5.82 Å². The van der Waals surface area contributed by atoms with Gasteiger partial charge in [-0.25, -0.2) is 14.4 Å². The van der Waals surface area contributed by atoms with Crippen molar-refractivity contribution in [2.75, 3.05) is 0 Å². The Balaban J connectivity index is 2.52. The van der Waals surface area contributed by atoms with Gasteiger partial charge in [0.2, 0.25) is 5.89 Å². The van der Waals surface area contributed by atoms with Gasteiger partial charge in [-0.1, -0.05) is 0 Å². The normalized spacial score (nSPS) is 10.3. The highest BCUT2D eigenvalue weighted by molar-refractivity contribution is 5.47. The van der Waals surface area contributed by atoms with Crippen LogP contribution in [0.2, 0.25) is 0 Å². The van der Waals surface area contributed by atoms with Crippen LogP contribution in [-0.4, -0.2) is 9.97 Å². The Hall–Kier alpha value is -1.71. The standard InChI is InChI=1S/C9H7FN2O/c1-6-5-12-9(13-6)8-7(10)3-2-4-11-8/h2-5H,1H3. The van der Waals surface area contributed by atoms with Crippen molar-refractivity contribution in [1.29, 1.82) is 0 Å². The maximum Gasteiger partial charge on any atom is 0.248 e. The van der Waals surface area contributed by atoms with E-state index in [9.17, 15) is 4.39 Å². The second kappa shape index (κ2) is 2.97. The van der Waals surface area contributed by atoms with E-state index in [-0.39, 0.29) is 11.6 Å². The number of aromatic nitrogens is 2. The third-order valence-corrected chi connectivity index (χ3v) is 1.58. The number of halogens is 1. The fourth-order valence-electron chi connectivity index (χ4n) is 1.01. The van der Waals surface area contributed by atoms with Crippen molar-refractivity contribution >= 4 is 0 Å². The van der Waals surface area contributed by atoms with Crippen molar-refractivity contribution in [3.8, 4) is 11.6 Å². The predicted molar refractivity (Wildman–Crippen MR) is 44.4 cm³/mol. The molecule has 0 aliphatic heterocycles. The summed E-state index contributed by atoms with van der Waals surface area (Å²) in [5.74, 6) is 0.431. The molecule has 0 aliphatic rings. The third-order valence-electron chi connectivity index (χ3n) is 1.58. The van der Waals surface area contributed by atoms with Gasteiger partial charge in [0.15, 0.2) is 11.5 Å². The van der Waals surface area contributed by atoms with Crippen molar-refractivity contribution in [3.05, 3.63) is 36.1 Å². The monoisotopic (exact) mass is 178 g/mol. The minimum atomic E-state index is -0.427. The van der Waals surface area contributed by atoms with Crippen molar-refractivity contribution in [3.63, 3.8) is 0 Å². The SMILES string of the molecule is Cc1cnc(-c2ncccc2F)o1. The summed E-state index contributed by atoms with van der Waals surface area (Å²) in [4.78, 5) is 7.71. The lowest BCUT2D eigenvalue weighted by Gasteiger charge is -1.94. The minimum Gasteiger partial charge on any atom is -0.440 e. The smallest absolute Gasteiger partial charge is 0.248 e. The minimum absolute atomic E-state index is 0.149. The summed E-state index contributed by atoms with van der Waals surface area (Å²) in [5, 5.41) is 0. The van der Waals surface area contributed by atoms with Crippen molar-refractivity contribution in [2.45, 2.75) is 6.92 Å². The van der Waals surface area contributed by atoms with Crippen LogP contribution >= 0.6 is 0 Å². The molecule has 0 N–H and O–H groups in total. The first-order chi connectivity index (χ1) is 6.27. The maximum atomic E-state index is 13.1. The van der Waals surface area contributed by atoms with Gasteiger partial charge in [-0.2, -0.15) is 0 Å². The number of hydrogen-bond donors (Lipinski definition) is 0. The molecule has 4 heteroatoms. The molecular weight excluding hydrogens is 171 g/mol. The Morgan fingerprint density at radius 2 is 2.23 bits per heavy atom. The molecule has 2 aromatic rings. The first kappa shape index (κ1) is 7.91. The van der Waals surface area contributed by atoms with Crippen molar-refractivity contribution in [1.82, 2.24) is 9.97 Å². The van der Waals surface area contributed by atoms with Crippen LogP contribution in [0.3, 0.4) is 0 Å². The quantitative estimate of drug-likeness (QED) is 0.671. The van der Waals surface area contributed by atoms with E-state index in [0.717, 1.165) is 0 Å². The summed E-state index contributed by atoms with van der Waals surface area (Å²) >= 11 is 0. The van der Waals surface area contributed by atoms with Gasteiger partial charge in [0.1, 0.15) is 5.76 Å². The lowest BCUT2D eigenvalue weighted by atomic mass is 10.3. The molecule has 0 unspecified atom stereocenters. The lowest BCUT2D eigenvalue weighted by Crippen LogP contribution is -1.87. The number of nitrogens with zero attached hydrogens (tertiary/aromatic N) is 2. The van der Waals surface area contributed by atoms with Gasteiger partial charge >= 0.3 is 0 Å². The van der Waals surface area contributed by atoms with Gasteiger partial charge in [0.05, 0.1) is 6.20 Å². The number of hydrogen-bond acceptors (Lipinski definition) is 3. The maximum absolute atomic E-state index is 13.1. The van der Waals surface area contributed by atoms with Gasteiger partial charge < -0.3 is 4.42 Å². The number of rotatable bonds is 1. The van der Waals surface area contributed by atoms with E-state index in [1.54, 1.807) is 6.92 Å². The summed E-state index contributed by atoms with van der Waals surface area (Å²) in [6.07, 6.45) is 3.03. The van der Waals surface area contributed by atoms with Gasteiger partial charge in [0, 0.05) is 6.20 Å². The van der Waals surface area contributed by atoms with E-state index >= 15 is 0 Å². The molecule has 0 aliphatic carbocycles. The fourth-order valence-corrected chi connectivity index (χ4v) is 1.01. The molecule has 2 heterocycles. The fraction of sp³-hybridized carbons (Fsp3) is 0.111. The molecule has 66 valence electrons. The van der Waals surface area contributed by atoms with Crippen LogP contribution in [-0.2, 0) is 0 Å². The van der Waals surface area contributed by atoms with E-state index in [0.29, 0.717) is 5.76 Å². The van der Waals surface area contributed by atoms with E-state index in [2.05, 4.69) is 9.97 Å². The first-order valence-electron chi connectivity index (χ1n) is 3.80. The Morgan fingerprint density at radius 1 is 1.38 bits per heavy atom. The highest BCUT2D eigenvalue weighted by atomic mass is 19.1.